The van der Waals surface area contributed by atoms with E-state index in [0.29, 0.717) is 5.69 Å². The van der Waals surface area contributed by atoms with Crippen molar-refractivity contribution in [2.24, 2.45) is 11.7 Å². The van der Waals surface area contributed by atoms with E-state index in [1.807, 2.05) is 44.4 Å². The summed E-state index contributed by atoms with van der Waals surface area (Å²) < 4.78 is 0. The SMILES string of the molecule is CSc1ccc(NC(=O)CNC(=O)[C@@H](N)C(C)C)cc1.Cl. The molecule has 0 bridgehead atoms. The second-order valence-electron chi connectivity index (χ2n) is 4.76. The molecular formula is C14H22ClN3O2S. The van der Waals surface area contributed by atoms with E-state index in [1.54, 1.807) is 11.8 Å². The number of carbonyl (C=O) groups is 2. The van der Waals surface area contributed by atoms with Gasteiger partial charge in [0.2, 0.25) is 11.8 Å². The molecule has 21 heavy (non-hydrogen) atoms. The number of halogens is 1. The van der Waals surface area contributed by atoms with Crippen molar-refractivity contribution in [3.05, 3.63) is 24.3 Å². The van der Waals surface area contributed by atoms with Crippen molar-refractivity contribution in [1.82, 2.24) is 5.32 Å². The summed E-state index contributed by atoms with van der Waals surface area (Å²) in [6.07, 6.45) is 1.99. The summed E-state index contributed by atoms with van der Waals surface area (Å²) in [5.41, 5.74) is 6.39. The Morgan fingerprint density at radius 1 is 1.24 bits per heavy atom. The number of hydrogen-bond acceptors (Lipinski definition) is 4. The summed E-state index contributed by atoms with van der Waals surface area (Å²) >= 11 is 1.63. The highest BCUT2D eigenvalue weighted by molar-refractivity contribution is 7.98. The molecule has 1 atom stereocenters. The van der Waals surface area contributed by atoms with Crippen LogP contribution in [0.4, 0.5) is 5.69 Å². The molecule has 0 radical (unpaired) electrons. The quantitative estimate of drug-likeness (QED) is 0.695. The van der Waals surface area contributed by atoms with E-state index >= 15 is 0 Å². The summed E-state index contributed by atoms with van der Waals surface area (Å²) in [6, 6.07) is 6.90. The molecule has 0 heterocycles. The number of amides is 2. The summed E-state index contributed by atoms with van der Waals surface area (Å²) in [5, 5.41) is 5.24. The maximum atomic E-state index is 11.7. The number of thioether (sulfide) groups is 1. The van der Waals surface area contributed by atoms with Gasteiger partial charge in [0.05, 0.1) is 12.6 Å². The molecule has 5 nitrogen and oxygen atoms in total. The molecule has 0 aliphatic rings. The molecule has 1 rings (SSSR count). The molecule has 0 aromatic heterocycles. The lowest BCUT2D eigenvalue weighted by Crippen LogP contribution is -2.46. The summed E-state index contributed by atoms with van der Waals surface area (Å²) in [6.45, 7) is 3.64. The van der Waals surface area contributed by atoms with Gasteiger partial charge in [-0.2, -0.15) is 0 Å². The van der Waals surface area contributed by atoms with Crippen molar-refractivity contribution in [2.45, 2.75) is 24.8 Å². The van der Waals surface area contributed by atoms with E-state index in [-0.39, 0.29) is 36.7 Å². The zero-order chi connectivity index (χ0) is 15.1. The third kappa shape index (κ3) is 6.84. The van der Waals surface area contributed by atoms with Crippen molar-refractivity contribution in [3.63, 3.8) is 0 Å². The molecule has 0 saturated heterocycles. The van der Waals surface area contributed by atoms with Crippen LogP contribution >= 0.6 is 24.2 Å². The standard InChI is InChI=1S/C14H21N3O2S.ClH/c1-9(2)13(15)14(19)16-8-12(18)17-10-4-6-11(20-3)7-5-10;/h4-7,9,13H,8,15H2,1-3H3,(H,16,19)(H,17,18);1H/t13-;/m0./s1. The Labute approximate surface area is 135 Å². The zero-order valence-electron chi connectivity index (χ0n) is 12.4. The van der Waals surface area contributed by atoms with E-state index in [1.165, 1.54) is 0 Å². The first-order valence-electron chi connectivity index (χ1n) is 6.41. The van der Waals surface area contributed by atoms with Gasteiger partial charge in [0.1, 0.15) is 0 Å². The molecule has 0 saturated carbocycles. The summed E-state index contributed by atoms with van der Waals surface area (Å²) in [7, 11) is 0. The highest BCUT2D eigenvalue weighted by atomic mass is 35.5. The van der Waals surface area contributed by atoms with Gasteiger partial charge in [0.25, 0.3) is 0 Å². The monoisotopic (exact) mass is 331 g/mol. The van der Waals surface area contributed by atoms with Crippen molar-refractivity contribution in [1.29, 1.82) is 0 Å². The molecule has 0 aliphatic heterocycles. The second-order valence-corrected chi connectivity index (χ2v) is 5.64. The van der Waals surface area contributed by atoms with Crippen LogP contribution in [0.5, 0.6) is 0 Å². The van der Waals surface area contributed by atoms with Crippen LogP contribution < -0.4 is 16.4 Å². The fourth-order valence-corrected chi connectivity index (χ4v) is 1.88. The average molecular weight is 332 g/mol. The average Bonchev–Trinajstić information content (AvgIpc) is 2.44. The van der Waals surface area contributed by atoms with E-state index in [2.05, 4.69) is 10.6 Å². The Hall–Kier alpha value is -1.24. The largest absolute Gasteiger partial charge is 0.346 e. The van der Waals surface area contributed by atoms with Gasteiger partial charge >= 0.3 is 0 Å². The number of nitrogens with one attached hydrogen (secondary N) is 2. The Bertz CT molecular complexity index is 466. The third-order valence-corrected chi connectivity index (χ3v) is 3.56. The number of rotatable bonds is 6. The van der Waals surface area contributed by atoms with Gasteiger partial charge in [-0.15, -0.1) is 24.2 Å². The van der Waals surface area contributed by atoms with Crippen molar-refractivity contribution >= 4 is 41.7 Å². The summed E-state index contributed by atoms with van der Waals surface area (Å²) in [4.78, 5) is 24.4. The molecule has 2 amide bonds. The number of hydrogen-bond donors (Lipinski definition) is 3. The molecule has 118 valence electrons. The normalized spacial score (nSPS) is 11.5. The van der Waals surface area contributed by atoms with Crippen LogP contribution in [-0.2, 0) is 9.59 Å². The summed E-state index contributed by atoms with van der Waals surface area (Å²) in [5.74, 6) is -0.545. The van der Waals surface area contributed by atoms with Crippen molar-refractivity contribution < 1.29 is 9.59 Å². The molecular weight excluding hydrogens is 310 g/mol. The van der Waals surface area contributed by atoms with Crippen LogP contribution in [0, 0.1) is 5.92 Å². The maximum absolute atomic E-state index is 11.7. The topological polar surface area (TPSA) is 84.2 Å². The van der Waals surface area contributed by atoms with Crippen LogP contribution in [0.3, 0.4) is 0 Å². The molecule has 7 heteroatoms. The fourth-order valence-electron chi connectivity index (χ4n) is 1.47. The minimum atomic E-state index is -0.594. The fraction of sp³-hybridized carbons (Fsp3) is 0.429. The first-order chi connectivity index (χ1) is 9.43. The third-order valence-electron chi connectivity index (χ3n) is 2.82. The molecule has 1 aromatic carbocycles. The lowest BCUT2D eigenvalue weighted by atomic mass is 10.1. The van der Waals surface area contributed by atoms with Crippen LogP contribution in [0.15, 0.2) is 29.2 Å². The molecule has 1 aromatic rings. The van der Waals surface area contributed by atoms with Crippen molar-refractivity contribution in [2.75, 3.05) is 18.1 Å². The number of benzene rings is 1. The van der Waals surface area contributed by atoms with Gasteiger partial charge in [-0.1, -0.05) is 13.8 Å². The first kappa shape index (κ1) is 19.8. The Balaban J connectivity index is 0.00000400. The molecule has 0 aliphatic carbocycles. The Morgan fingerprint density at radius 2 is 1.81 bits per heavy atom. The predicted molar refractivity (Wildman–Crippen MR) is 89.9 cm³/mol. The Kier molecular flexibility index (Phi) is 9.08. The van der Waals surface area contributed by atoms with Crippen LogP contribution in [0.1, 0.15) is 13.8 Å². The van der Waals surface area contributed by atoms with E-state index in [9.17, 15) is 9.59 Å². The van der Waals surface area contributed by atoms with Crippen LogP contribution in [0.25, 0.3) is 0 Å². The van der Waals surface area contributed by atoms with Gasteiger partial charge in [0, 0.05) is 10.6 Å². The second kappa shape index (κ2) is 9.65. The Morgan fingerprint density at radius 3 is 2.29 bits per heavy atom. The minimum absolute atomic E-state index is 0. The van der Waals surface area contributed by atoms with E-state index in [4.69, 9.17) is 5.73 Å². The molecule has 0 fully saturated rings. The van der Waals surface area contributed by atoms with Gasteiger partial charge in [-0.05, 0) is 36.4 Å². The van der Waals surface area contributed by atoms with E-state index in [0.717, 1.165) is 4.90 Å². The van der Waals surface area contributed by atoms with E-state index < -0.39 is 6.04 Å². The molecule has 4 N–H and O–H groups in total. The number of anilines is 1. The molecule has 0 spiro atoms. The van der Waals surface area contributed by atoms with Gasteiger partial charge in [-0.25, -0.2) is 0 Å². The highest BCUT2D eigenvalue weighted by Crippen LogP contribution is 2.17. The lowest BCUT2D eigenvalue weighted by Gasteiger charge is -2.15. The predicted octanol–water partition coefficient (Wildman–Crippen LogP) is 1.87. The first-order valence-corrected chi connectivity index (χ1v) is 7.63. The van der Waals surface area contributed by atoms with Gasteiger partial charge in [0.15, 0.2) is 0 Å². The number of nitrogens with two attached hydrogens (primary N) is 1. The number of carbonyl (C=O) groups excluding carboxylic acids is 2. The minimum Gasteiger partial charge on any atom is -0.346 e. The van der Waals surface area contributed by atoms with Crippen molar-refractivity contribution in [3.8, 4) is 0 Å². The smallest absolute Gasteiger partial charge is 0.243 e. The van der Waals surface area contributed by atoms with Crippen LogP contribution in [-0.4, -0.2) is 30.7 Å². The van der Waals surface area contributed by atoms with Crippen LogP contribution in [0.2, 0.25) is 0 Å². The maximum Gasteiger partial charge on any atom is 0.243 e. The van der Waals surface area contributed by atoms with Gasteiger partial charge in [-0.3, -0.25) is 9.59 Å². The zero-order valence-corrected chi connectivity index (χ0v) is 14.0. The molecule has 0 unspecified atom stereocenters. The van der Waals surface area contributed by atoms with Gasteiger partial charge < -0.3 is 16.4 Å². The highest BCUT2D eigenvalue weighted by Gasteiger charge is 2.17. The lowest BCUT2D eigenvalue weighted by molar-refractivity contribution is -0.125.